The Kier molecular flexibility index (Phi) is 7.09. The van der Waals surface area contributed by atoms with Gasteiger partial charge in [-0.15, -0.1) is 0 Å². The number of aromatic nitrogens is 4. The van der Waals surface area contributed by atoms with E-state index < -0.39 is 0 Å². The summed E-state index contributed by atoms with van der Waals surface area (Å²) < 4.78 is 15.5. The third kappa shape index (κ3) is 5.11. The molecule has 0 bridgehead atoms. The van der Waals surface area contributed by atoms with Crippen LogP contribution in [-0.4, -0.2) is 19.5 Å². The molecule has 0 aliphatic carbocycles. The Morgan fingerprint density at radius 3 is 1.43 bits per heavy atom. The maximum absolute atomic E-state index is 6.58. The molecule has 0 spiro atoms. The van der Waals surface area contributed by atoms with E-state index in [0.29, 0.717) is 17.5 Å². The lowest BCUT2D eigenvalue weighted by Gasteiger charge is -2.38. The molecule has 0 amide bonds. The van der Waals surface area contributed by atoms with Gasteiger partial charge in [-0.2, -0.15) is 0 Å². The largest absolute Gasteiger partial charge is 0.453 e. The molecule has 2 aromatic heterocycles. The molecule has 0 atom stereocenters. The highest BCUT2D eigenvalue weighted by molar-refractivity contribution is 6.10. The van der Waals surface area contributed by atoms with Crippen LogP contribution < -0.4 is 14.4 Å². The van der Waals surface area contributed by atoms with Gasteiger partial charge in [0.15, 0.2) is 40.5 Å². The highest BCUT2D eigenvalue weighted by Crippen LogP contribution is 2.60. The maximum atomic E-state index is 6.58. The van der Waals surface area contributed by atoms with Crippen LogP contribution in [0.1, 0.15) is 0 Å². The molecular formula is C51H31N5O2. The van der Waals surface area contributed by atoms with Gasteiger partial charge in [-0.3, -0.25) is 4.90 Å². The standard InChI is InChI=1S/C51H31N5O2/c1-3-13-32(14-4-1)49-52-50(33-15-5-2-6-16-33)54-51(53-49)34-23-26-37(27-24-34)55-40-18-8-7-17-38(40)39-29-35(25-28-41(39)55)36-30-46-48-47(31-36)58-45-22-12-10-20-43(45)56(48)42-19-9-11-21-44(42)57-46/h1-31H. The van der Waals surface area contributed by atoms with Crippen LogP contribution in [0.5, 0.6) is 23.0 Å². The third-order valence-electron chi connectivity index (χ3n) is 11.0. The Hall–Kier alpha value is -8.03. The van der Waals surface area contributed by atoms with Crippen LogP contribution >= 0.6 is 0 Å². The van der Waals surface area contributed by atoms with Gasteiger partial charge in [0.25, 0.3) is 0 Å². The summed E-state index contributed by atoms with van der Waals surface area (Å²) in [7, 11) is 0. The summed E-state index contributed by atoms with van der Waals surface area (Å²) in [4.78, 5) is 17.0. The Balaban J connectivity index is 0.953. The number of nitrogens with zero attached hydrogens (tertiary/aromatic N) is 5. The van der Waals surface area contributed by atoms with Gasteiger partial charge in [0.1, 0.15) is 5.69 Å². The summed E-state index contributed by atoms with van der Waals surface area (Å²) in [5.41, 5.74) is 11.0. The van der Waals surface area contributed by atoms with E-state index in [1.54, 1.807) is 0 Å². The number of rotatable bonds is 5. The highest BCUT2D eigenvalue weighted by Gasteiger charge is 2.35. The molecule has 10 aromatic rings. The van der Waals surface area contributed by atoms with Gasteiger partial charge >= 0.3 is 0 Å². The maximum Gasteiger partial charge on any atom is 0.164 e. The summed E-state index contributed by atoms with van der Waals surface area (Å²) in [6.07, 6.45) is 0. The molecule has 2 aliphatic rings. The van der Waals surface area contributed by atoms with Gasteiger partial charge in [0.05, 0.1) is 22.4 Å². The summed E-state index contributed by atoms with van der Waals surface area (Å²) in [5.74, 6) is 5.03. The number of anilines is 3. The minimum atomic E-state index is 0.623. The molecule has 58 heavy (non-hydrogen) atoms. The molecule has 0 radical (unpaired) electrons. The van der Waals surface area contributed by atoms with E-state index in [1.807, 2.05) is 97.1 Å². The van der Waals surface area contributed by atoms with Gasteiger partial charge in [0.2, 0.25) is 0 Å². The van der Waals surface area contributed by atoms with Crippen LogP contribution in [0.4, 0.5) is 17.1 Å². The molecule has 0 unspecified atom stereocenters. The average Bonchev–Trinajstić information content (AvgIpc) is 3.63. The van der Waals surface area contributed by atoms with Crippen molar-refractivity contribution >= 4 is 38.9 Å². The topological polar surface area (TPSA) is 65.3 Å². The molecule has 12 rings (SSSR count). The van der Waals surface area contributed by atoms with Crippen molar-refractivity contribution in [1.82, 2.24) is 19.5 Å². The summed E-state index contributed by atoms with van der Waals surface area (Å²) in [6, 6.07) is 64.4. The Morgan fingerprint density at radius 1 is 0.345 bits per heavy atom. The molecule has 2 aliphatic heterocycles. The average molecular weight is 746 g/mol. The SMILES string of the molecule is c1ccc(-c2nc(-c3ccccc3)nc(-c3ccc(-n4c5ccccc5c5cc(-c6cc7c8c(c6)Oc6ccccc6N8c6ccccc6O7)ccc54)cc3)n2)cc1. The van der Waals surface area contributed by atoms with E-state index in [1.165, 1.54) is 5.39 Å². The predicted molar refractivity (Wildman–Crippen MR) is 231 cm³/mol. The molecule has 0 fully saturated rings. The molecule has 8 aromatic carbocycles. The zero-order chi connectivity index (χ0) is 38.2. The summed E-state index contributed by atoms with van der Waals surface area (Å²) in [5, 5.41) is 2.32. The molecule has 272 valence electrons. The second-order valence-corrected chi connectivity index (χ2v) is 14.5. The number of fused-ring (bicyclic) bond motifs is 7. The van der Waals surface area contributed by atoms with Crippen LogP contribution in [0.15, 0.2) is 188 Å². The van der Waals surface area contributed by atoms with Crippen molar-refractivity contribution in [2.24, 2.45) is 0 Å². The summed E-state index contributed by atoms with van der Waals surface area (Å²) >= 11 is 0. The van der Waals surface area contributed by atoms with Gasteiger partial charge in [0, 0.05) is 33.2 Å². The van der Waals surface area contributed by atoms with Crippen molar-refractivity contribution in [3.8, 4) is 74.0 Å². The molecule has 0 N–H and O–H groups in total. The second-order valence-electron chi connectivity index (χ2n) is 14.5. The van der Waals surface area contributed by atoms with Crippen LogP contribution in [-0.2, 0) is 0 Å². The van der Waals surface area contributed by atoms with E-state index in [-0.39, 0.29) is 0 Å². The molecule has 0 saturated carbocycles. The molecule has 0 saturated heterocycles. The van der Waals surface area contributed by atoms with Crippen molar-refractivity contribution in [2.75, 3.05) is 4.90 Å². The smallest absolute Gasteiger partial charge is 0.164 e. The van der Waals surface area contributed by atoms with Gasteiger partial charge in [-0.05, 0) is 90.0 Å². The Morgan fingerprint density at radius 2 is 0.828 bits per heavy atom. The number of hydrogen-bond donors (Lipinski definition) is 0. The Labute approximate surface area is 333 Å². The van der Waals surface area contributed by atoms with E-state index in [9.17, 15) is 0 Å². The second kappa shape index (κ2) is 12.8. The van der Waals surface area contributed by atoms with Crippen LogP contribution in [0.3, 0.4) is 0 Å². The van der Waals surface area contributed by atoms with E-state index in [0.717, 1.165) is 90.0 Å². The quantitative estimate of drug-likeness (QED) is 0.175. The molecular weight excluding hydrogens is 715 g/mol. The molecule has 7 heteroatoms. The van der Waals surface area contributed by atoms with E-state index in [4.69, 9.17) is 24.4 Å². The van der Waals surface area contributed by atoms with Crippen LogP contribution in [0, 0.1) is 0 Å². The fourth-order valence-corrected chi connectivity index (χ4v) is 8.32. The van der Waals surface area contributed by atoms with Crippen molar-refractivity contribution in [1.29, 1.82) is 0 Å². The molecule has 4 heterocycles. The van der Waals surface area contributed by atoms with Crippen molar-refractivity contribution in [3.05, 3.63) is 188 Å². The first-order chi connectivity index (χ1) is 28.7. The lowest BCUT2D eigenvalue weighted by molar-refractivity contribution is 0.446. The minimum Gasteiger partial charge on any atom is -0.453 e. The first kappa shape index (κ1) is 32.2. The highest BCUT2D eigenvalue weighted by atomic mass is 16.5. The zero-order valence-corrected chi connectivity index (χ0v) is 31.0. The zero-order valence-electron chi connectivity index (χ0n) is 31.0. The van der Waals surface area contributed by atoms with Gasteiger partial charge in [-0.1, -0.05) is 109 Å². The van der Waals surface area contributed by atoms with Gasteiger partial charge < -0.3 is 14.0 Å². The number of para-hydroxylation sites is 5. The van der Waals surface area contributed by atoms with Gasteiger partial charge in [-0.25, -0.2) is 15.0 Å². The fraction of sp³-hybridized carbons (Fsp3) is 0. The van der Waals surface area contributed by atoms with Crippen molar-refractivity contribution < 1.29 is 9.47 Å². The van der Waals surface area contributed by atoms with E-state index >= 15 is 0 Å². The number of ether oxygens (including phenoxy) is 2. The fourth-order valence-electron chi connectivity index (χ4n) is 8.32. The van der Waals surface area contributed by atoms with Crippen molar-refractivity contribution in [3.63, 3.8) is 0 Å². The normalized spacial score (nSPS) is 12.4. The summed E-state index contributed by atoms with van der Waals surface area (Å²) in [6.45, 7) is 0. The predicted octanol–water partition coefficient (Wildman–Crippen LogP) is 13.3. The number of benzene rings is 8. The first-order valence-electron chi connectivity index (χ1n) is 19.3. The molecule has 7 nitrogen and oxygen atoms in total. The Bertz CT molecular complexity index is 3100. The van der Waals surface area contributed by atoms with Crippen LogP contribution in [0.2, 0.25) is 0 Å². The first-order valence-corrected chi connectivity index (χ1v) is 19.3. The third-order valence-corrected chi connectivity index (χ3v) is 11.0. The van der Waals surface area contributed by atoms with Crippen LogP contribution in [0.25, 0.3) is 72.8 Å². The number of hydrogen-bond acceptors (Lipinski definition) is 6. The van der Waals surface area contributed by atoms with E-state index in [2.05, 4.69) is 100 Å². The lowest BCUT2D eigenvalue weighted by Crippen LogP contribution is -2.20. The monoisotopic (exact) mass is 745 g/mol. The lowest BCUT2D eigenvalue weighted by atomic mass is 9.99. The van der Waals surface area contributed by atoms with Crippen molar-refractivity contribution in [2.45, 2.75) is 0 Å². The minimum absolute atomic E-state index is 0.623.